The maximum absolute atomic E-state index is 13.4. The van der Waals surface area contributed by atoms with Crippen LogP contribution < -0.4 is 0 Å². The van der Waals surface area contributed by atoms with Gasteiger partial charge in [0.15, 0.2) is 0 Å². The van der Waals surface area contributed by atoms with Crippen LogP contribution in [0.2, 0.25) is 0 Å². The zero-order chi connectivity index (χ0) is 32.2. The minimum atomic E-state index is -0.626. The molecule has 4 aliphatic carbocycles. The molecule has 0 spiro atoms. The Morgan fingerprint density at radius 1 is 1.00 bits per heavy atom. The lowest BCUT2D eigenvalue weighted by molar-refractivity contribution is -0.240. The first kappa shape index (κ1) is 31.1. The van der Waals surface area contributed by atoms with Gasteiger partial charge in [0.2, 0.25) is 0 Å². The van der Waals surface area contributed by atoms with Gasteiger partial charge in [0.1, 0.15) is 0 Å². The molecule has 2 aromatic heterocycles. The fraction of sp³-hybridized carbons (Fsp3) is 0.711. The number of nitrogens with zero attached hydrogens (tertiary/aromatic N) is 3. The first-order valence-corrected chi connectivity index (χ1v) is 17.4. The summed E-state index contributed by atoms with van der Waals surface area (Å²) in [6, 6.07) is 5.86. The lowest BCUT2D eigenvalue weighted by atomic mass is 9.34. The number of aliphatic carboxylic acids is 1. The third-order valence-corrected chi connectivity index (χ3v) is 15.1. The number of ether oxygens (including phenoxy) is 1. The second kappa shape index (κ2) is 10.2. The van der Waals surface area contributed by atoms with Crippen LogP contribution in [-0.2, 0) is 9.53 Å². The lowest BCUT2D eigenvalue weighted by Gasteiger charge is -2.71. The standard InChI is InChI=1S/C38H53N3O4/c1-23(2)24(3)34(4)15-16-36(6)26-8-9-30-35(5)21-45-22-38(30,27(26)10-14-37(36,7)31(34)33(43)44)20-29(32(35)42)41-28(13-19-40-41)25-11-17-39-18-12-25/h10-13,17-19,23-24,26,29-32,42H,8-9,14-16,20-22H2,1-7H3,(H,43,44)/t24-,26+,29-,30+,31-,32+,34-,35-,36-,37+,38+/m1/s1. The van der Waals surface area contributed by atoms with E-state index in [1.807, 2.05) is 24.4 Å². The smallest absolute Gasteiger partial charge is 0.307 e. The summed E-state index contributed by atoms with van der Waals surface area (Å²) in [7, 11) is 0. The van der Waals surface area contributed by atoms with Crippen molar-refractivity contribution in [1.82, 2.24) is 14.8 Å². The van der Waals surface area contributed by atoms with Gasteiger partial charge in [-0.1, -0.05) is 60.1 Å². The van der Waals surface area contributed by atoms with Crippen LogP contribution in [0.4, 0.5) is 0 Å². The molecule has 11 atom stereocenters. The summed E-state index contributed by atoms with van der Waals surface area (Å²) < 4.78 is 8.58. The third-order valence-electron chi connectivity index (χ3n) is 15.1. The van der Waals surface area contributed by atoms with Crippen LogP contribution in [-0.4, -0.2) is 50.3 Å². The summed E-state index contributed by atoms with van der Waals surface area (Å²) in [5.74, 6) is 0.318. The lowest BCUT2D eigenvalue weighted by Crippen LogP contribution is -2.68. The molecular weight excluding hydrogens is 562 g/mol. The highest BCUT2D eigenvalue weighted by Gasteiger charge is 2.71. The molecule has 0 aromatic carbocycles. The third kappa shape index (κ3) is 3.98. The van der Waals surface area contributed by atoms with Gasteiger partial charge in [0, 0.05) is 35.0 Å². The Labute approximate surface area is 268 Å². The molecular formula is C38H53N3O4. The van der Waals surface area contributed by atoms with Crippen molar-refractivity contribution < 1.29 is 19.7 Å². The highest BCUT2D eigenvalue weighted by molar-refractivity contribution is 5.73. The maximum Gasteiger partial charge on any atom is 0.307 e. The number of carbonyl (C=O) groups is 1. The Morgan fingerprint density at radius 2 is 1.73 bits per heavy atom. The molecule has 2 bridgehead atoms. The molecule has 7 nitrogen and oxygen atoms in total. The molecule has 45 heavy (non-hydrogen) atoms. The molecule has 0 radical (unpaired) electrons. The average molecular weight is 616 g/mol. The van der Waals surface area contributed by atoms with E-state index in [2.05, 4.69) is 64.2 Å². The quantitative estimate of drug-likeness (QED) is 0.340. The largest absolute Gasteiger partial charge is 0.481 e. The number of carboxylic acid groups (broad SMARTS) is 1. The monoisotopic (exact) mass is 615 g/mol. The number of aromatic nitrogens is 3. The molecule has 244 valence electrons. The fourth-order valence-corrected chi connectivity index (χ4v) is 12.2. The fourth-order valence-electron chi connectivity index (χ4n) is 12.2. The molecule has 1 saturated heterocycles. The van der Waals surface area contributed by atoms with E-state index in [1.165, 1.54) is 5.57 Å². The van der Waals surface area contributed by atoms with Crippen molar-refractivity contribution >= 4 is 5.97 Å². The second-order valence-electron chi connectivity index (χ2n) is 17.0. The zero-order valence-corrected chi connectivity index (χ0v) is 28.3. The number of aliphatic hydroxyl groups is 1. The Morgan fingerprint density at radius 3 is 2.42 bits per heavy atom. The van der Waals surface area contributed by atoms with Crippen molar-refractivity contribution in [3.8, 4) is 11.3 Å². The van der Waals surface area contributed by atoms with Crippen molar-refractivity contribution in [2.45, 2.75) is 99.1 Å². The molecule has 3 saturated carbocycles. The Kier molecular flexibility index (Phi) is 7.08. The normalized spacial score (nSPS) is 44.7. The van der Waals surface area contributed by atoms with E-state index in [0.717, 1.165) is 49.8 Å². The van der Waals surface area contributed by atoms with Crippen LogP contribution in [0, 0.1) is 56.7 Å². The van der Waals surface area contributed by atoms with Gasteiger partial charge >= 0.3 is 5.97 Å². The molecule has 5 aliphatic rings. The summed E-state index contributed by atoms with van der Waals surface area (Å²) in [6.45, 7) is 17.2. The Hall–Kier alpha value is -2.51. The molecule has 3 heterocycles. The summed E-state index contributed by atoms with van der Waals surface area (Å²) >= 11 is 0. The van der Waals surface area contributed by atoms with E-state index in [1.54, 1.807) is 12.4 Å². The topological polar surface area (TPSA) is 97.5 Å². The van der Waals surface area contributed by atoms with Gasteiger partial charge in [-0.05, 0) is 96.6 Å². The van der Waals surface area contributed by atoms with E-state index in [9.17, 15) is 15.0 Å². The van der Waals surface area contributed by atoms with E-state index in [0.29, 0.717) is 36.9 Å². The van der Waals surface area contributed by atoms with Gasteiger partial charge in [0.25, 0.3) is 0 Å². The van der Waals surface area contributed by atoms with Crippen molar-refractivity contribution in [1.29, 1.82) is 0 Å². The summed E-state index contributed by atoms with van der Waals surface area (Å²) in [5.41, 5.74) is 2.17. The van der Waals surface area contributed by atoms with Crippen molar-refractivity contribution in [3.05, 3.63) is 48.4 Å². The SMILES string of the molecule is CC(C)[C@@H](C)[C@@]1(C)CC[C@]2(C)[C@H]3CC[C@@H]4[C@@]5(COC[C@@]4(C)[C@@H](O)[C@H](n4nccc4-c4ccncc4)C5)C3=CC[C@@]2(C)[C@@H]1C(=O)O. The molecule has 0 unspecified atom stereocenters. The summed E-state index contributed by atoms with van der Waals surface area (Å²) in [6.07, 6.45) is 12.9. The van der Waals surface area contributed by atoms with Crippen molar-refractivity contribution in [3.63, 3.8) is 0 Å². The van der Waals surface area contributed by atoms with Gasteiger partial charge in [-0.15, -0.1) is 0 Å². The molecule has 1 aliphatic heterocycles. The number of pyridine rings is 1. The molecule has 4 fully saturated rings. The van der Waals surface area contributed by atoms with Crippen LogP contribution >= 0.6 is 0 Å². The van der Waals surface area contributed by atoms with E-state index in [-0.39, 0.29) is 27.7 Å². The summed E-state index contributed by atoms with van der Waals surface area (Å²) in [5, 5.41) is 28.0. The second-order valence-corrected chi connectivity index (χ2v) is 17.0. The molecule has 7 rings (SSSR count). The predicted octanol–water partition coefficient (Wildman–Crippen LogP) is 7.44. The van der Waals surface area contributed by atoms with E-state index < -0.39 is 23.4 Å². The van der Waals surface area contributed by atoms with Crippen LogP contribution in [0.15, 0.2) is 48.4 Å². The average Bonchev–Trinajstić information content (AvgIpc) is 3.49. The van der Waals surface area contributed by atoms with Crippen molar-refractivity contribution in [2.24, 2.45) is 56.7 Å². The Bertz CT molecular complexity index is 1500. The summed E-state index contributed by atoms with van der Waals surface area (Å²) in [4.78, 5) is 17.6. The van der Waals surface area contributed by atoms with Gasteiger partial charge in [0.05, 0.1) is 37.0 Å². The highest BCUT2D eigenvalue weighted by atomic mass is 16.5. The molecule has 7 heteroatoms. The van der Waals surface area contributed by atoms with Gasteiger partial charge in [-0.3, -0.25) is 14.5 Å². The zero-order valence-electron chi connectivity index (χ0n) is 28.3. The molecule has 0 amide bonds. The number of rotatable bonds is 5. The van der Waals surface area contributed by atoms with Crippen LogP contribution in [0.5, 0.6) is 0 Å². The first-order valence-electron chi connectivity index (χ1n) is 17.4. The minimum absolute atomic E-state index is 0.136. The number of aliphatic hydroxyl groups excluding tert-OH is 1. The predicted molar refractivity (Wildman–Crippen MR) is 174 cm³/mol. The first-order chi connectivity index (χ1) is 21.2. The van der Waals surface area contributed by atoms with Crippen LogP contribution in [0.3, 0.4) is 0 Å². The van der Waals surface area contributed by atoms with Crippen molar-refractivity contribution in [2.75, 3.05) is 13.2 Å². The number of fused-ring (bicyclic) bond motifs is 3. The number of hydrogen-bond donors (Lipinski definition) is 2. The minimum Gasteiger partial charge on any atom is -0.481 e. The van der Waals surface area contributed by atoms with Crippen LogP contribution in [0.1, 0.15) is 93.0 Å². The molecule has 2 aromatic rings. The number of carboxylic acids is 1. The van der Waals surface area contributed by atoms with E-state index >= 15 is 0 Å². The maximum atomic E-state index is 13.4. The molecule has 2 N–H and O–H groups in total. The Balaban J connectivity index is 1.34. The van der Waals surface area contributed by atoms with Gasteiger partial charge in [-0.2, -0.15) is 5.10 Å². The number of allylic oxidation sites excluding steroid dienone is 1. The number of hydrogen-bond acceptors (Lipinski definition) is 5. The van der Waals surface area contributed by atoms with Gasteiger partial charge in [-0.25, -0.2) is 0 Å². The highest BCUT2D eigenvalue weighted by Crippen LogP contribution is 2.75. The van der Waals surface area contributed by atoms with Crippen LogP contribution in [0.25, 0.3) is 11.3 Å². The van der Waals surface area contributed by atoms with E-state index in [4.69, 9.17) is 9.84 Å². The van der Waals surface area contributed by atoms with Gasteiger partial charge < -0.3 is 14.9 Å².